The number of hydrogen-bond donors (Lipinski definition) is 1. The Morgan fingerprint density at radius 3 is 2.60 bits per heavy atom. The third-order valence-electron chi connectivity index (χ3n) is 1.43. The van der Waals surface area contributed by atoms with E-state index in [0.29, 0.717) is 4.58 Å². The van der Waals surface area contributed by atoms with Crippen LogP contribution >= 0.6 is 23.5 Å². The normalized spacial score (nSPS) is 24.6. The van der Waals surface area contributed by atoms with E-state index in [1.54, 1.807) is 0 Å². The fraction of sp³-hybridized carbons (Fsp3) is 1.00. The molecule has 0 aromatic rings. The molecule has 0 amide bonds. The molecule has 0 unspecified atom stereocenters. The highest BCUT2D eigenvalue weighted by Gasteiger charge is 2.15. The third kappa shape index (κ3) is 3.17. The lowest BCUT2D eigenvalue weighted by Crippen LogP contribution is -2.13. The highest BCUT2D eigenvalue weighted by Crippen LogP contribution is 2.33. The van der Waals surface area contributed by atoms with Crippen LogP contribution in [0.4, 0.5) is 0 Å². The average Bonchev–Trinajstić information content (AvgIpc) is 1.88. The summed E-state index contributed by atoms with van der Waals surface area (Å²) < 4.78 is 0.661. The molecule has 1 atom stereocenters. The van der Waals surface area contributed by atoms with Crippen LogP contribution in [0.25, 0.3) is 0 Å². The van der Waals surface area contributed by atoms with E-state index in [0.717, 1.165) is 6.42 Å². The Bertz CT molecular complexity index is 89.6. The van der Waals surface area contributed by atoms with Crippen molar-refractivity contribution in [3.05, 3.63) is 0 Å². The zero-order chi connectivity index (χ0) is 7.40. The van der Waals surface area contributed by atoms with Crippen LogP contribution in [0.1, 0.15) is 19.8 Å². The number of aliphatic hydroxyl groups is 1. The van der Waals surface area contributed by atoms with Gasteiger partial charge in [0.25, 0.3) is 0 Å². The zero-order valence-corrected chi connectivity index (χ0v) is 7.88. The van der Waals surface area contributed by atoms with Crippen LogP contribution in [0.15, 0.2) is 0 Å². The molecule has 1 fully saturated rings. The molecule has 1 nitrogen and oxygen atoms in total. The van der Waals surface area contributed by atoms with Gasteiger partial charge in [-0.05, 0) is 31.3 Å². The predicted molar refractivity (Wildman–Crippen MR) is 49.6 cm³/mol. The van der Waals surface area contributed by atoms with Gasteiger partial charge in [-0.1, -0.05) is 0 Å². The smallest absolute Gasteiger partial charge is 0.0530 e. The molecule has 10 heavy (non-hydrogen) atoms. The fourth-order valence-corrected chi connectivity index (χ4v) is 4.07. The molecule has 0 aromatic heterocycles. The summed E-state index contributed by atoms with van der Waals surface area (Å²) in [6.07, 6.45) is 2.17. The maximum Gasteiger partial charge on any atom is 0.0530 e. The van der Waals surface area contributed by atoms with Crippen LogP contribution in [0.2, 0.25) is 0 Å². The molecular weight excluding hydrogens is 164 g/mol. The summed E-state index contributed by atoms with van der Waals surface area (Å²) >= 11 is 3.99. The van der Waals surface area contributed by atoms with Crippen molar-refractivity contribution in [3.8, 4) is 0 Å². The lowest BCUT2D eigenvalue weighted by Gasteiger charge is -2.21. The van der Waals surface area contributed by atoms with Crippen LogP contribution in [0, 0.1) is 0 Å². The van der Waals surface area contributed by atoms with E-state index in [9.17, 15) is 0 Å². The molecule has 1 saturated heterocycles. The molecule has 0 aliphatic carbocycles. The number of rotatable bonds is 2. The second-order valence-corrected chi connectivity index (χ2v) is 5.53. The van der Waals surface area contributed by atoms with E-state index in [2.05, 4.69) is 0 Å². The zero-order valence-electron chi connectivity index (χ0n) is 6.25. The highest BCUT2D eigenvalue weighted by molar-refractivity contribution is 8.17. The van der Waals surface area contributed by atoms with Gasteiger partial charge < -0.3 is 5.11 Å². The average molecular weight is 178 g/mol. The molecule has 0 bridgehead atoms. The van der Waals surface area contributed by atoms with E-state index in [1.165, 1.54) is 17.9 Å². The second kappa shape index (κ2) is 4.52. The molecule has 0 saturated carbocycles. The SMILES string of the molecule is C[C@H](O)CC1SCCCS1. The Kier molecular flexibility index (Phi) is 3.96. The third-order valence-corrected chi connectivity index (χ3v) is 4.42. The molecule has 1 heterocycles. The summed E-state index contributed by atoms with van der Waals surface area (Å²) in [4.78, 5) is 0. The van der Waals surface area contributed by atoms with Crippen molar-refractivity contribution < 1.29 is 5.11 Å². The van der Waals surface area contributed by atoms with Gasteiger partial charge in [0.15, 0.2) is 0 Å². The van der Waals surface area contributed by atoms with E-state index in [-0.39, 0.29) is 6.10 Å². The molecule has 1 N–H and O–H groups in total. The molecule has 0 radical (unpaired) electrons. The molecule has 1 rings (SSSR count). The largest absolute Gasteiger partial charge is 0.393 e. The predicted octanol–water partition coefficient (Wildman–Crippen LogP) is 1.95. The summed E-state index contributed by atoms with van der Waals surface area (Å²) in [5.74, 6) is 2.56. The minimum absolute atomic E-state index is 0.122. The number of thioether (sulfide) groups is 2. The minimum Gasteiger partial charge on any atom is -0.393 e. The first kappa shape index (κ1) is 8.75. The van der Waals surface area contributed by atoms with Gasteiger partial charge in [0.1, 0.15) is 0 Å². The van der Waals surface area contributed by atoms with Gasteiger partial charge in [0.05, 0.1) is 10.7 Å². The van der Waals surface area contributed by atoms with Crippen molar-refractivity contribution in [3.63, 3.8) is 0 Å². The molecule has 0 aromatic carbocycles. The molecule has 60 valence electrons. The van der Waals surface area contributed by atoms with Crippen LogP contribution in [0.3, 0.4) is 0 Å². The number of hydrogen-bond acceptors (Lipinski definition) is 3. The highest BCUT2D eigenvalue weighted by atomic mass is 32.2. The topological polar surface area (TPSA) is 20.2 Å². The summed E-state index contributed by atoms with van der Waals surface area (Å²) in [7, 11) is 0. The van der Waals surface area contributed by atoms with Crippen molar-refractivity contribution in [1.82, 2.24) is 0 Å². The van der Waals surface area contributed by atoms with Gasteiger partial charge in [-0.2, -0.15) is 0 Å². The van der Waals surface area contributed by atoms with Crippen LogP contribution < -0.4 is 0 Å². The van der Waals surface area contributed by atoms with E-state index in [1.807, 2.05) is 30.4 Å². The van der Waals surface area contributed by atoms with Crippen LogP contribution in [0.5, 0.6) is 0 Å². The van der Waals surface area contributed by atoms with Crippen molar-refractivity contribution in [1.29, 1.82) is 0 Å². The lowest BCUT2D eigenvalue weighted by molar-refractivity contribution is 0.190. The van der Waals surface area contributed by atoms with Gasteiger partial charge in [-0.3, -0.25) is 0 Å². The summed E-state index contributed by atoms with van der Waals surface area (Å²) in [5, 5.41) is 9.08. The molecular formula is C7H14OS2. The number of aliphatic hydroxyl groups excluding tert-OH is 1. The first-order chi connectivity index (χ1) is 4.79. The molecule has 3 heteroatoms. The van der Waals surface area contributed by atoms with Gasteiger partial charge in [-0.25, -0.2) is 0 Å². The maximum absolute atomic E-state index is 9.08. The molecule has 1 aliphatic heterocycles. The maximum atomic E-state index is 9.08. The van der Waals surface area contributed by atoms with Crippen LogP contribution in [-0.4, -0.2) is 27.3 Å². The Hall–Kier alpha value is 0.660. The second-order valence-electron chi connectivity index (χ2n) is 2.61. The van der Waals surface area contributed by atoms with Crippen molar-refractivity contribution in [2.45, 2.75) is 30.5 Å². The van der Waals surface area contributed by atoms with Crippen molar-refractivity contribution >= 4 is 23.5 Å². The minimum atomic E-state index is -0.122. The van der Waals surface area contributed by atoms with Crippen molar-refractivity contribution in [2.24, 2.45) is 0 Å². The lowest BCUT2D eigenvalue weighted by atomic mass is 10.3. The fourth-order valence-electron chi connectivity index (χ4n) is 0.951. The van der Waals surface area contributed by atoms with Gasteiger partial charge in [-0.15, -0.1) is 23.5 Å². The van der Waals surface area contributed by atoms with Crippen LogP contribution in [-0.2, 0) is 0 Å². The van der Waals surface area contributed by atoms with E-state index >= 15 is 0 Å². The Morgan fingerprint density at radius 2 is 2.10 bits per heavy atom. The summed E-state index contributed by atoms with van der Waals surface area (Å²) in [6, 6.07) is 0. The summed E-state index contributed by atoms with van der Waals surface area (Å²) in [6.45, 7) is 1.87. The molecule has 0 spiro atoms. The summed E-state index contributed by atoms with van der Waals surface area (Å²) in [5.41, 5.74) is 0. The monoisotopic (exact) mass is 178 g/mol. The Labute approximate surface area is 71.0 Å². The Morgan fingerprint density at radius 1 is 1.50 bits per heavy atom. The van der Waals surface area contributed by atoms with E-state index in [4.69, 9.17) is 5.11 Å². The van der Waals surface area contributed by atoms with Gasteiger partial charge >= 0.3 is 0 Å². The van der Waals surface area contributed by atoms with Gasteiger partial charge in [0.2, 0.25) is 0 Å². The quantitative estimate of drug-likeness (QED) is 0.698. The van der Waals surface area contributed by atoms with Gasteiger partial charge in [0, 0.05) is 0 Å². The first-order valence-electron chi connectivity index (χ1n) is 3.70. The standard InChI is InChI=1S/C7H14OS2/c1-6(8)5-7-9-3-2-4-10-7/h6-8H,2-5H2,1H3/t6-/m0/s1. The molecule has 1 aliphatic rings. The Balaban J connectivity index is 2.13. The first-order valence-corrected chi connectivity index (χ1v) is 5.80. The van der Waals surface area contributed by atoms with E-state index < -0.39 is 0 Å². The van der Waals surface area contributed by atoms with Crippen molar-refractivity contribution in [2.75, 3.05) is 11.5 Å².